The molecule has 0 aliphatic rings. The monoisotopic (exact) mass is 241 g/mol. The van der Waals surface area contributed by atoms with Crippen LogP contribution in [0.3, 0.4) is 0 Å². The highest BCUT2D eigenvalue weighted by molar-refractivity contribution is 7.05. The van der Waals surface area contributed by atoms with Gasteiger partial charge in [-0.2, -0.15) is 0 Å². The molecule has 1 rings (SSSR count). The highest BCUT2D eigenvalue weighted by Crippen LogP contribution is 2.25. The van der Waals surface area contributed by atoms with Gasteiger partial charge in [-0.1, -0.05) is 38.1 Å². The summed E-state index contributed by atoms with van der Waals surface area (Å²) in [6.45, 7) is 7.85. The minimum Gasteiger partial charge on any atom is -0.309 e. The van der Waals surface area contributed by atoms with Crippen molar-refractivity contribution in [1.29, 1.82) is 0 Å². The summed E-state index contributed by atoms with van der Waals surface area (Å²) in [5.41, 5.74) is 0. The van der Waals surface area contributed by atoms with Gasteiger partial charge in [-0.05, 0) is 36.8 Å². The van der Waals surface area contributed by atoms with Crippen LogP contribution in [0.5, 0.6) is 0 Å². The first-order valence-electron chi connectivity index (χ1n) is 6.28. The van der Waals surface area contributed by atoms with Crippen LogP contribution in [0.15, 0.2) is 6.20 Å². The average molecular weight is 241 g/mol. The van der Waals surface area contributed by atoms with E-state index in [4.69, 9.17) is 0 Å². The molecule has 2 atom stereocenters. The second-order valence-electron chi connectivity index (χ2n) is 4.46. The lowest BCUT2D eigenvalue weighted by molar-refractivity contribution is 0.393. The molecular weight excluding hydrogens is 218 g/mol. The predicted molar refractivity (Wildman–Crippen MR) is 69.6 cm³/mol. The van der Waals surface area contributed by atoms with E-state index in [0.717, 1.165) is 12.5 Å². The van der Waals surface area contributed by atoms with Crippen molar-refractivity contribution in [2.24, 2.45) is 5.92 Å². The fourth-order valence-corrected chi connectivity index (χ4v) is 2.55. The van der Waals surface area contributed by atoms with Gasteiger partial charge in [0, 0.05) is 6.04 Å². The molecule has 0 spiro atoms. The number of hydrogen-bond acceptors (Lipinski definition) is 4. The predicted octanol–water partition coefficient (Wildman–Crippen LogP) is 3.41. The molecular formula is C12H23N3S. The summed E-state index contributed by atoms with van der Waals surface area (Å²) >= 11 is 1.52. The van der Waals surface area contributed by atoms with Crippen molar-refractivity contribution in [3.63, 3.8) is 0 Å². The molecule has 0 saturated carbocycles. The third-order valence-corrected chi connectivity index (χ3v) is 3.56. The van der Waals surface area contributed by atoms with Crippen molar-refractivity contribution >= 4 is 11.5 Å². The Morgan fingerprint density at radius 2 is 2.19 bits per heavy atom. The number of nitrogens with zero attached hydrogens (tertiary/aromatic N) is 2. The number of aromatic nitrogens is 2. The van der Waals surface area contributed by atoms with Crippen LogP contribution in [0.4, 0.5) is 0 Å². The van der Waals surface area contributed by atoms with E-state index < -0.39 is 0 Å². The molecule has 0 amide bonds. The Morgan fingerprint density at radius 1 is 1.38 bits per heavy atom. The lowest BCUT2D eigenvalue weighted by Gasteiger charge is -2.20. The molecule has 2 unspecified atom stereocenters. The molecule has 0 saturated heterocycles. The summed E-state index contributed by atoms with van der Waals surface area (Å²) in [5.74, 6) is 0.765. The molecule has 0 radical (unpaired) electrons. The van der Waals surface area contributed by atoms with Crippen molar-refractivity contribution in [1.82, 2.24) is 14.9 Å². The van der Waals surface area contributed by atoms with E-state index in [9.17, 15) is 0 Å². The van der Waals surface area contributed by atoms with Gasteiger partial charge in [0.2, 0.25) is 0 Å². The number of rotatable bonds is 8. The maximum atomic E-state index is 3.96. The fourth-order valence-electron chi connectivity index (χ4n) is 1.96. The summed E-state index contributed by atoms with van der Waals surface area (Å²) in [4.78, 5) is 1.27. The van der Waals surface area contributed by atoms with Crippen molar-refractivity contribution in [2.75, 3.05) is 6.54 Å². The third-order valence-electron chi connectivity index (χ3n) is 2.78. The summed E-state index contributed by atoms with van der Waals surface area (Å²) in [6, 6.07) is 0.446. The van der Waals surface area contributed by atoms with Crippen molar-refractivity contribution in [3.05, 3.63) is 11.1 Å². The Kier molecular flexibility index (Phi) is 6.57. The van der Waals surface area contributed by atoms with Crippen LogP contribution in [-0.2, 0) is 0 Å². The standard InChI is InChI=1S/C12H23N3S/c1-4-6-10(3)8-11(13-7-5-2)12-9-14-15-16-12/h9-11,13H,4-8H2,1-3H3. The molecule has 4 heteroatoms. The van der Waals surface area contributed by atoms with Gasteiger partial charge in [0.1, 0.15) is 0 Å². The van der Waals surface area contributed by atoms with E-state index >= 15 is 0 Å². The first-order chi connectivity index (χ1) is 7.77. The van der Waals surface area contributed by atoms with Crippen LogP contribution in [0.1, 0.15) is 57.4 Å². The third kappa shape index (κ3) is 4.58. The summed E-state index contributed by atoms with van der Waals surface area (Å²) < 4.78 is 3.96. The van der Waals surface area contributed by atoms with E-state index in [1.807, 2.05) is 6.20 Å². The maximum Gasteiger partial charge on any atom is 0.0669 e. The molecule has 1 aromatic heterocycles. The van der Waals surface area contributed by atoms with E-state index in [1.165, 1.54) is 42.1 Å². The Labute approximate surface area is 103 Å². The highest BCUT2D eigenvalue weighted by atomic mass is 32.1. The number of hydrogen-bond donors (Lipinski definition) is 1. The maximum absolute atomic E-state index is 3.96. The van der Waals surface area contributed by atoms with Gasteiger partial charge >= 0.3 is 0 Å². The van der Waals surface area contributed by atoms with Gasteiger partial charge < -0.3 is 5.32 Å². The number of nitrogens with one attached hydrogen (secondary N) is 1. The minimum atomic E-state index is 0.446. The van der Waals surface area contributed by atoms with Crippen LogP contribution < -0.4 is 5.32 Å². The molecule has 16 heavy (non-hydrogen) atoms. The van der Waals surface area contributed by atoms with Crippen LogP contribution in [0.2, 0.25) is 0 Å². The van der Waals surface area contributed by atoms with Crippen molar-refractivity contribution in [2.45, 2.75) is 52.5 Å². The Morgan fingerprint density at radius 3 is 2.75 bits per heavy atom. The van der Waals surface area contributed by atoms with Crippen LogP contribution in [0.25, 0.3) is 0 Å². The second kappa shape index (κ2) is 7.74. The molecule has 1 aromatic rings. The fraction of sp³-hybridized carbons (Fsp3) is 0.833. The first kappa shape index (κ1) is 13.6. The van der Waals surface area contributed by atoms with Gasteiger partial charge in [0.25, 0.3) is 0 Å². The normalized spacial score (nSPS) is 14.9. The van der Waals surface area contributed by atoms with Crippen LogP contribution in [0, 0.1) is 5.92 Å². The van der Waals surface area contributed by atoms with Gasteiger partial charge in [0.05, 0.1) is 11.1 Å². The van der Waals surface area contributed by atoms with Crippen LogP contribution in [-0.4, -0.2) is 16.1 Å². The largest absolute Gasteiger partial charge is 0.309 e. The molecule has 0 fully saturated rings. The molecule has 3 nitrogen and oxygen atoms in total. The van der Waals surface area contributed by atoms with Crippen molar-refractivity contribution in [3.8, 4) is 0 Å². The van der Waals surface area contributed by atoms with Gasteiger partial charge in [-0.3, -0.25) is 0 Å². The average Bonchev–Trinajstić information content (AvgIpc) is 2.77. The van der Waals surface area contributed by atoms with E-state index in [1.54, 1.807) is 0 Å². The topological polar surface area (TPSA) is 37.8 Å². The van der Waals surface area contributed by atoms with E-state index in [-0.39, 0.29) is 0 Å². The zero-order valence-electron chi connectivity index (χ0n) is 10.6. The molecule has 0 aliphatic carbocycles. The van der Waals surface area contributed by atoms with Gasteiger partial charge in [-0.15, -0.1) is 5.10 Å². The summed E-state index contributed by atoms with van der Waals surface area (Å²) in [5, 5.41) is 7.52. The minimum absolute atomic E-state index is 0.446. The smallest absolute Gasteiger partial charge is 0.0669 e. The summed E-state index contributed by atoms with van der Waals surface area (Å²) in [6.07, 6.45) is 6.83. The quantitative estimate of drug-likeness (QED) is 0.758. The lowest BCUT2D eigenvalue weighted by Crippen LogP contribution is -2.23. The van der Waals surface area contributed by atoms with E-state index in [2.05, 4.69) is 35.7 Å². The highest BCUT2D eigenvalue weighted by Gasteiger charge is 2.16. The Bertz CT molecular complexity index is 261. The molecule has 0 bridgehead atoms. The first-order valence-corrected chi connectivity index (χ1v) is 7.05. The zero-order valence-corrected chi connectivity index (χ0v) is 11.4. The molecule has 1 heterocycles. The molecule has 92 valence electrons. The SMILES string of the molecule is CCCNC(CC(C)CCC)c1cnns1. The molecule has 0 aromatic carbocycles. The Balaban J connectivity index is 2.50. The zero-order chi connectivity index (χ0) is 11.8. The van der Waals surface area contributed by atoms with Crippen molar-refractivity contribution < 1.29 is 0 Å². The van der Waals surface area contributed by atoms with Crippen LogP contribution >= 0.6 is 11.5 Å². The molecule has 0 aliphatic heterocycles. The van der Waals surface area contributed by atoms with Gasteiger partial charge in [0.15, 0.2) is 0 Å². The van der Waals surface area contributed by atoms with E-state index in [0.29, 0.717) is 6.04 Å². The molecule has 1 N–H and O–H groups in total. The summed E-state index contributed by atoms with van der Waals surface area (Å²) in [7, 11) is 0. The van der Waals surface area contributed by atoms with Gasteiger partial charge in [-0.25, -0.2) is 0 Å². The Hall–Kier alpha value is -0.480. The lowest BCUT2D eigenvalue weighted by atomic mass is 9.96. The second-order valence-corrected chi connectivity index (χ2v) is 5.27.